The highest BCUT2D eigenvalue weighted by atomic mass is 15.3. The topological polar surface area (TPSA) is 112 Å². The maximum atomic E-state index is 6.41. The maximum absolute atomic E-state index is 6.41. The van der Waals surface area contributed by atoms with Crippen LogP contribution in [0.25, 0.3) is 11.3 Å². The van der Waals surface area contributed by atoms with E-state index in [9.17, 15) is 0 Å². The molecule has 0 saturated heterocycles. The van der Waals surface area contributed by atoms with Crippen molar-refractivity contribution in [1.29, 1.82) is 0 Å². The van der Waals surface area contributed by atoms with Crippen molar-refractivity contribution in [1.82, 2.24) is 24.1 Å². The number of rotatable bonds is 4. The van der Waals surface area contributed by atoms with Crippen LogP contribution in [0.15, 0.2) is 55.4 Å². The number of aromatic nitrogens is 5. The number of hydrogen-bond acceptors (Lipinski definition) is 6. The summed E-state index contributed by atoms with van der Waals surface area (Å²) >= 11 is 0. The molecule has 0 bridgehead atoms. The van der Waals surface area contributed by atoms with Gasteiger partial charge in [-0.25, -0.2) is 14.5 Å². The summed E-state index contributed by atoms with van der Waals surface area (Å²) in [5.74, 6) is 0.880. The zero-order chi connectivity index (χ0) is 19.8. The Labute approximate surface area is 168 Å². The van der Waals surface area contributed by atoms with Crippen molar-refractivity contribution in [3.63, 3.8) is 0 Å². The molecule has 0 atom stereocenters. The molecule has 1 aliphatic rings. The Kier molecular flexibility index (Phi) is 4.40. The molecule has 5 N–H and O–H groups in total. The molecule has 0 amide bonds. The first-order chi connectivity index (χ1) is 14.2. The Bertz CT molecular complexity index is 1110. The number of hydrogen-bond donors (Lipinski definition) is 3. The van der Waals surface area contributed by atoms with Crippen LogP contribution < -0.4 is 16.8 Å². The van der Waals surface area contributed by atoms with Crippen LogP contribution in [0, 0.1) is 0 Å². The number of nitrogens with zero attached hydrogens (tertiary/aromatic N) is 5. The molecule has 1 aliphatic carbocycles. The van der Waals surface area contributed by atoms with Gasteiger partial charge in [-0.05, 0) is 55.9 Å². The van der Waals surface area contributed by atoms with E-state index in [-0.39, 0.29) is 6.04 Å². The van der Waals surface area contributed by atoms with Gasteiger partial charge < -0.3 is 21.4 Å². The summed E-state index contributed by atoms with van der Waals surface area (Å²) in [6, 6.07) is 8.48. The van der Waals surface area contributed by atoms with E-state index < -0.39 is 0 Å². The molecule has 1 aromatic carbocycles. The van der Waals surface area contributed by atoms with Crippen molar-refractivity contribution >= 4 is 22.8 Å². The minimum Gasteiger partial charge on any atom is -0.382 e. The van der Waals surface area contributed by atoms with Crippen LogP contribution in [0.5, 0.6) is 0 Å². The monoisotopic (exact) mass is 388 g/mol. The SMILES string of the molecule is Nc1nn2ccnc2c(Nc2ccc(-n3ccnc3)cc2)c1[C@H]1CC[C@H](N)CC1. The van der Waals surface area contributed by atoms with Gasteiger partial charge in [-0.3, -0.25) is 0 Å². The Hall–Kier alpha value is -3.39. The second kappa shape index (κ2) is 7.21. The van der Waals surface area contributed by atoms with Crippen LogP contribution in [0.2, 0.25) is 0 Å². The summed E-state index contributed by atoms with van der Waals surface area (Å²) in [5, 5.41) is 8.09. The maximum Gasteiger partial charge on any atom is 0.177 e. The lowest BCUT2D eigenvalue weighted by molar-refractivity contribution is 0.396. The predicted molar refractivity (Wildman–Crippen MR) is 113 cm³/mol. The number of nitrogens with two attached hydrogens (primary N) is 2. The molecule has 1 fully saturated rings. The van der Waals surface area contributed by atoms with Crippen molar-refractivity contribution in [3.8, 4) is 5.69 Å². The lowest BCUT2D eigenvalue weighted by atomic mass is 9.81. The average molecular weight is 388 g/mol. The quantitative estimate of drug-likeness (QED) is 0.495. The summed E-state index contributed by atoms with van der Waals surface area (Å²) in [5.41, 5.74) is 17.3. The van der Waals surface area contributed by atoms with Gasteiger partial charge in [0.2, 0.25) is 0 Å². The normalized spacial score (nSPS) is 19.5. The van der Waals surface area contributed by atoms with Crippen LogP contribution in [0.1, 0.15) is 37.2 Å². The Morgan fingerprint density at radius 1 is 1.00 bits per heavy atom. The fourth-order valence-electron chi connectivity index (χ4n) is 4.19. The molecule has 0 aliphatic heterocycles. The number of imidazole rings is 2. The summed E-state index contributed by atoms with van der Waals surface area (Å²) in [4.78, 5) is 8.63. The van der Waals surface area contributed by atoms with E-state index in [2.05, 4.69) is 32.5 Å². The molecule has 8 heteroatoms. The number of benzene rings is 1. The molecule has 8 nitrogen and oxygen atoms in total. The highest BCUT2D eigenvalue weighted by Crippen LogP contribution is 2.41. The van der Waals surface area contributed by atoms with Gasteiger partial charge >= 0.3 is 0 Å². The lowest BCUT2D eigenvalue weighted by Gasteiger charge is -2.28. The number of nitrogen functional groups attached to an aromatic ring is 1. The Balaban J connectivity index is 1.53. The van der Waals surface area contributed by atoms with E-state index in [4.69, 9.17) is 11.5 Å². The van der Waals surface area contributed by atoms with Crippen molar-refractivity contribution in [2.24, 2.45) is 5.73 Å². The molecule has 29 heavy (non-hydrogen) atoms. The highest BCUT2D eigenvalue weighted by Gasteiger charge is 2.27. The smallest absolute Gasteiger partial charge is 0.177 e. The third-order valence-corrected chi connectivity index (χ3v) is 5.73. The second-order valence-electron chi connectivity index (χ2n) is 7.62. The highest BCUT2D eigenvalue weighted by molar-refractivity contribution is 5.80. The third kappa shape index (κ3) is 3.31. The van der Waals surface area contributed by atoms with Gasteiger partial charge in [-0.2, -0.15) is 0 Å². The molecule has 0 unspecified atom stereocenters. The largest absolute Gasteiger partial charge is 0.382 e. The fourth-order valence-corrected chi connectivity index (χ4v) is 4.19. The first kappa shape index (κ1) is 17.7. The minimum absolute atomic E-state index is 0.280. The molecule has 4 aromatic rings. The predicted octanol–water partition coefficient (Wildman–Crippen LogP) is 3.23. The van der Waals surface area contributed by atoms with E-state index in [0.29, 0.717) is 11.7 Å². The Morgan fingerprint density at radius 3 is 2.52 bits per heavy atom. The average Bonchev–Trinajstić information content (AvgIpc) is 3.42. The summed E-state index contributed by atoms with van der Waals surface area (Å²) in [6.07, 6.45) is 13.1. The van der Waals surface area contributed by atoms with E-state index >= 15 is 0 Å². The Morgan fingerprint density at radius 2 is 1.79 bits per heavy atom. The summed E-state index contributed by atoms with van der Waals surface area (Å²) in [6.45, 7) is 0. The van der Waals surface area contributed by atoms with Crippen LogP contribution in [0.3, 0.4) is 0 Å². The van der Waals surface area contributed by atoms with Gasteiger partial charge in [0.05, 0.1) is 12.0 Å². The van der Waals surface area contributed by atoms with E-state index in [1.54, 1.807) is 23.2 Å². The summed E-state index contributed by atoms with van der Waals surface area (Å²) in [7, 11) is 0. The van der Waals surface area contributed by atoms with Crippen LogP contribution in [-0.2, 0) is 0 Å². The van der Waals surface area contributed by atoms with E-state index in [0.717, 1.165) is 54.0 Å². The van der Waals surface area contributed by atoms with E-state index in [1.165, 1.54) is 0 Å². The standard InChI is InChI=1S/C21H24N8/c22-15-3-1-14(2-4-15)18-19(21-25-10-12-29(21)27-20(18)23)26-16-5-7-17(8-6-16)28-11-9-24-13-28/h5-15,26H,1-4,22H2,(H2,23,27)/t14-,15-. The third-order valence-electron chi connectivity index (χ3n) is 5.73. The fraction of sp³-hybridized carbons (Fsp3) is 0.286. The molecule has 148 valence electrons. The zero-order valence-electron chi connectivity index (χ0n) is 16.1. The van der Waals surface area contributed by atoms with Crippen LogP contribution >= 0.6 is 0 Å². The van der Waals surface area contributed by atoms with Crippen molar-refractivity contribution in [2.75, 3.05) is 11.1 Å². The van der Waals surface area contributed by atoms with Gasteiger partial charge in [0.25, 0.3) is 0 Å². The van der Waals surface area contributed by atoms with Crippen molar-refractivity contribution < 1.29 is 0 Å². The van der Waals surface area contributed by atoms with Gasteiger partial charge in [0.15, 0.2) is 5.65 Å². The molecule has 1 saturated carbocycles. The van der Waals surface area contributed by atoms with Gasteiger partial charge in [0.1, 0.15) is 5.82 Å². The number of fused-ring (bicyclic) bond motifs is 1. The van der Waals surface area contributed by atoms with E-state index in [1.807, 2.05) is 29.1 Å². The van der Waals surface area contributed by atoms with Crippen molar-refractivity contribution in [3.05, 3.63) is 60.9 Å². The van der Waals surface area contributed by atoms with Crippen molar-refractivity contribution in [2.45, 2.75) is 37.6 Å². The molecule has 3 heterocycles. The van der Waals surface area contributed by atoms with Crippen LogP contribution in [0.4, 0.5) is 17.2 Å². The molecular formula is C21H24N8. The molecule has 0 spiro atoms. The van der Waals surface area contributed by atoms with Gasteiger partial charge in [-0.1, -0.05) is 0 Å². The second-order valence-corrected chi connectivity index (χ2v) is 7.62. The van der Waals surface area contributed by atoms with Gasteiger partial charge in [0, 0.05) is 47.8 Å². The summed E-state index contributed by atoms with van der Waals surface area (Å²) < 4.78 is 3.70. The van der Waals surface area contributed by atoms with Crippen LogP contribution in [-0.4, -0.2) is 30.2 Å². The molecule has 0 radical (unpaired) electrons. The minimum atomic E-state index is 0.280. The van der Waals surface area contributed by atoms with Gasteiger partial charge in [-0.15, -0.1) is 5.10 Å². The zero-order valence-corrected chi connectivity index (χ0v) is 16.1. The first-order valence-corrected chi connectivity index (χ1v) is 9.93. The molecule has 3 aromatic heterocycles. The molecule has 5 rings (SSSR count). The first-order valence-electron chi connectivity index (χ1n) is 9.93. The number of nitrogens with one attached hydrogen (secondary N) is 1. The molecular weight excluding hydrogens is 364 g/mol. The lowest BCUT2D eigenvalue weighted by Crippen LogP contribution is -2.26. The number of anilines is 3.